The lowest BCUT2D eigenvalue weighted by molar-refractivity contribution is -0.124. The average molecular weight is 315 g/mol. The largest absolute Gasteiger partial charge is 0.378 e. The molecule has 0 spiro atoms. The topological polar surface area (TPSA) is 72.3 Å². The van der Waals surface area contributed by atoms with Gasteiger partial charge in [0.05, 0.1) is 13.2 Å². The first-order chi connectivity index (χ1) is 11.3. The third kappa shape index (κ3) is 3.68. The molecular formula is C16H21N5O2. The molecule has 0 radical (unpaired) electrons. The minimum absolute atomic E-state index is 0.0644. The van der Waals surface area contributed by atoms with Crippen LogP contribution in [0, 0.1) is 0 Å². The zero-order valence-corrected chi connectivity index (χ0v) is 13.2. The van der Waals surface area contributed by atoms with Gasteiger partial charge < -0.3 is 15.0 Å². The summed E-state index contributed by atoms with van der Waals surface area (Å²) in [7, 11) is 0. The second-order valence-electron chi connectivity index (χ2n) is 5.47. The Morgan fingerprint density at radius 2 is 2.17 bits per heavy atom. The van der Waals surface area contributed by atoms with E-state index in [1.54, 1.807) is 29.3 Å². The highest BCUT2D eigenvalue weighted by atomic mass is 16.5. The van der Waals surface area contributed by atoms with E-state index in [0.29, 0.717) is 19.8 Å². The Hall–Kier alpha value is -2.41. The van der Waals surface area contributed by atoms with Gasteiger partial charge in [-0.3, -0.25) is 9.48 Å². The fourth-order valence-electron chi connectivity index (χ4n) is 2.59. The first-order valence-corrected chi connectivity index (χ1v) is 7.79. The van der Waals surface area contributed by atoms with Gasteiger partial charge in [0.1, 0.15) is 11.9 Å². The van der Waals surface area contributed by atoms with Crippen molar-refractivity contribution < 1.29 is 9.53 Å². The van der Waals surface area contributed by atoms with Gasteiger partial charge in [-0.25, -0.2) is 4.98 Å². The number of hydrogen-bond donors (Lipinski definition) is 1. The quantitative estimate of drug-likeness (QED) is 0.891. The Morgan fingerprint density at radius 1 is 1.35 bits per heavy atom. The van der Waals surface area contributed by atoms with Crippen LogP contribution in [0.4, 0.5) is 5.82 Å². The Labute approximate surface area is 135 Å². The summed E-state index contributed by atoms with van der Waals surface area (Å²) in [6, 6.07) is 5.36. The summed E-state index contributed by atoms with van der Waals surface area (Å²) in [6.45, 7) is 5.33. The molecular weight excluding hydrogens is 294 g/mol. The number of aromatic nitrogens is 3. The van der Waals surface area contributed by atoms with Gasteiger partial charge in [-0.2, -0.15) is 5.10 Å². The van der Waals surface area contributed by atoms with Gasteiger partial charge in [0.2, 0.25) is 5.91 Å². The predicted octanol–water partition coefficient (Wildman–Crippen LogP) is 0.992. The highest BCUT2D eigenvalue weighted by Gasteiger charge is 2.18. The molecule has 3 heterocycles. The van der Waals surface area contributed by atoms with E-state index >= 15 is 0 Å². The smallest absolute Gasteiger partial charge is 0.244 e. The molecule has 0 bridgehead atoms. The Morgan fingerprint density at radius 3 is 2.91 bits per heavy atom. The zero-order valence-electron chi connectivity index (χ0n) is 13.2. The molecule has 1 fully saturated rings. The van der Waals surface area contributed by atoms with E-state index in [1.165, 1.54) is 0 Å². The number of hydrogen-bond acceptors (Lipinski definition) is 5. The zero-order chi connectivity index (χ0) is 16.1. The number of pyridine rings is 1. The van der Waals surface area contributed by atoms with Crippen molar-refractivity contribution in [3.8, 4) is 0 Å². The van der Waals surface area contributed by atoms with Gasteiger partial charge in [-0.1, -0.05) is 6.07 Å². The molecule has 2 aromatic rings. The lowest BCUT2D eigenvalue weighted by atomic mass is 10.2. The van der Waals surface area contributed by atoms with Crippen LogP contribution < -0.4 is 10.2 Å². The van der Waals surface area contributed by atoms with Crippen molar-refractivity contribution in [3.05, 3.63) is 42.4 Å². The van der Waals surface area contributed by atoms with E-state index in [-0.39, 0.29) is 11.9 Å². The first-order valence-electron chi connectivity index (χ1n) is 7.79. The molecule has 122 valence electrons. The summed E-state index contributed by atoms with van der Waals surface area (Å²) in [5.74, 6) is 0.855. The number of amides is 1. The standard InChI is InChI=1S/C16H21N5O2/c1-13(21-7-3-6-19-21)16(22)18-12-14-4-2-5-17-15(14)20-8-10-23-11-9-20/h2-7,13H,8-12H2,1H3,(H,18,22)/t13-/m1/s1. The molecule has 23 heavy (non-hydrogen) atoms. The number of morpholine rings is 1. The second kappa shape index (κ2) is 7.23. The minimum Gasteiger partial charge on any atom is -0.378 e. The average Bonchev–Trinajstić information content (AvgIpc) is 3.14. The summed E-state index contributed by atoms with van der Waals surface area (Å²) < 4.78 is 7.02. The Balaban J connectivity index is 1.65. The van der Waals surface area contributed by atoms with E-state index in [0.717, 1.165) is 24.5 Å². The molecule has 1 atom stereocenters. The van der Waals surface area contributed by atoms with Crippen LogP contribution in [0.15, 0.2) is 36.8 Å². The van der Waals surface area contributed by atoms with Crippen molar-refractivity contribution >= 4 is 11.7 Å². The van der Waals surface area contributed by atoms with Crippen LogP contribution in [0.3, 0.4) is 0 Å². The molecule has 0 saturated carbocycles. The monoisotopic (exact) mass is 315 g/mol. The molecule has 0 unspecified atom stereocenters. The van der Waals surface area contributed by atoms with Gasteiger partial charge in [0.15, 0.2) is 0 Å². The lowest BCUT2D eigenvalue weighted by Gasteiger charge is -2.29. The molecule has 0 aromatic carbocycles. The van der Waals surface area contributed by atoms with Crippen molar-refractivity contribution in [2.75, 3.05) is 31.2 Å². The third-order valence-corrected chi connectivity index (χ3v) is 3.93. The van der Waals surface area contributed by atoms with Crippen LogP contribution in [-0.2, 0) is 16.1 Å². The third-order valence-electron chi connectivity index (χ3n) is 3.93. The molecule has 1 amide bonds. The van der Waals surface area contributed by atoms with E-state index in [9.17, 15) is 4.79 Å². The maximum atomic E-state index is 12.3. The molecule has 1 aliphatic rings. The van der Waals surface area contributed by atoms with Gasteiger partial charge >= 0.3 is 0 Å². The predicted molar refractivity (Wildman–Crippen MR) is 86.1 cm³/mol. The molecule has 0 aliphatic carbocycles. The number of ether oxygens (including phenoxy) is 1. The molecule has 1 saturated heterocycles. The molecule has 7 nitrogen and oxygen atoms in total. The maximum Gasteiger partial charge on any atom is 0.244 e. The van der Waals surface area contributed by atoms with Crippen LogP contribution in [0.5, 0.6) is 0 Å². The molecule has 2 aromatic heterocycles. The summed E-state index contributed by atoms with van der Waals surface area (Å²) >= 11 is 0. The van der Waals surface area contributed by atoms with Crippen LogP contribution in [-0.4, -0.2) is 47.0 Å². The van der Waals surface area contributed by atoms with Crippen molar-refractivity contribution in [2.24, 2.45) is 0 Å². The van der Waals surface area contributed by atoms with Gasteiger partial charge in [0.25, 0.3) is 0 Å². The van der Waals surface area contributed by atoms with E-state index in [1.807, 2.05) is 19.1 Å². The molecule has 1 aliphatic heterocycles. The molecule has 1 N–H and O–H groups in total. The number of anilines is 1. The Kier molecular flexibility index (Phi) is 4.87. The fraction of sp³-hybridized carbons (Fsp3) is 0.438. The minimum atomic E-state index is -0.339. The number of carbonyl (C=O) groups is 1. The number of rotatable bonds is 5. The fourth-order valence-corrected chi connectivity index (χ4v) is 2.59. The van der Waals surface area contributed by atoms with Crippen LogP contribution in [0.1, 0.15) is 18.5 Å². The van der Waals surface area contributed by atoms with E-state index in [2.05, 4.69) is 20.3 Å². The van der Waals surface area contributed by atoms with Gasteiger partial charge in [-0.15, -0.1) is 0 Å². The van der Waals surface area contributed by atoms with Crippen molar-refractivity contribution in [3.63, 3.8) is 0 Å². The van der Waals surface area contributed by atoms with Crippen LogP contribution >= 0.6 is 0 Å². The van der Waals surface area contributed by atoms with Gasteiger partial charge in [0, 0.05) is 43.8 Å². The van der Waals surface area contributed by atoms with Crippen molar-refractivity contribution in [1.29, 1.82) is 0 Å². The summed E-state index contributed by atoms with van der Waals surface area (Å²) in [5, 5.41) is 7.07. The summed E-state index contributed by atoms with van der Waals surface area (Å²) in [4.78, 5) is 18.9. The van der Waals surface area contributed by atoms with E-state index in [4.69, 9.17) is 4.74 Å². The van der Waals surface area contributed by atoms with Gasteiger partial charge in [-0.05, 0) is 19.1 Å². The first kappa shape index (κ1) is 15.5. The second-order valence-corrected chi connectivity index (χ2v) is 5.47. The van der Waals surface area contributed by atoms with Crippen LogP contribution in [0.2, 0.25) is 0 Å². The highest BCUT2D eigenvalue weighted by Crippen LogP contribution is 2.18. The van der Waals surface area contributed by atoms with Crippen LogP contribution in [0.25, 0.3) is 0 Å². The molecule has 3 rings (SSSR count). The number of nitrogens with zero attached hydrogens (tertiary/aromatic N) is 4. The number of carbonyl (C=O) groups excluding carboxylic acids is 1. The lowest BCUT2D eigenvalue weighted by Crippen LogP contribution is -2.38. The maximum absolute atomic E-state index is 12.3. The Bertz CT molecular complexity index is 638. The van der Waals surface area contributed by atoms with Crippen molar-refractivity contribution in [1.82, 2.24) is 20.1 Å². The summed E-state index contributed by atoms with van der Waals surface area (Å²) in [5.41, 5.74) is 1.01. The SMILES string of the molecule is C[C@H](C(=O)NCc1cccnc1N1CCOCC1)n1cccn1. The van der Waals surface area contributed by atoms with Crippen molar-refractivity contribution in [2.45, 2.75) is 19.5 Å². The normalized spacial score (nSPS) is 16.1. The highest BCUT2D eigenvalue weighted by molar-refractivity contribution is 5.79. The van der Waals surface area contributed by atoms with E-state index < -0.39 is 0 Å². The molecule has 7 heteroatoms. The summed E-state index contributed by atoms with van der Waals surface area (Å²) in [6.07, 6.45) is 5.23. The number of nitrogens with one attached hydrogen (secondary N) is 1.